The lowest BCUT2D eigenvalue weighted by molar-refractivity contribution is -0.116. The van der Waals surface area contributed by atoms with Gasteiger partial charge in [0.15, 0.2) is 23.6 Å². The van der Waals surface area contributed by atoms with E-state index in [1.165, 1.54) is 28.6 Å². The molecule has 4 N–H and O–H groups in total. The first-order valence-electron chi connectivity index (χ1n) is 17.7. The molecule has 3 amide bonds. The van der Waals surface area contributed by atoms with Gasteiger partial charge in [-0.2, -0.15) is 0 Å². The van der Waals surface area contributed by atoms with Crippen molar-refractivity contribution < 1.29 is 38.6 Å². The second kappa shape index (κ2) is 19.3. The molecule has 1 atom stereocenters. The number of aliphatic hydroxyl groups excluding tert-OH is 1. The van der Waals surface area contributed by atoms with Gasteiger partial charge in [0.1, 0.15) is 6.29 Å². The van der Waals surface area contributed by atoms with E-state index in [-0.39, 0.29) is 55.5 Å². The number of nitrogens with one attached hydrogen (secondary N) is 3. The third-order valence-corrected chi connectivity index (χ3v) is 9.94. The summed E-state index contributed by atoms with van der Waals surface area (Å²) in [5, 5.41) is 16.0. The van der Waals surface area contributed by atoms with Crippen molar-refractivity contribution >= 4 is 80.8 Å². The van der Waals surface area contributed by atoms with Crippen molar-refractivity contribution in [1.29, 1.82) is 0 Å². The number of anilines is 3. The number of hydrogen-bond donors (Lipinski definition) is 4. The van der Waals surface area contributed by atoms with Gasteiger partial charge in [-0.15, -0.1) is 11.3 Å². The molecule has 0 saturated carbocycles. The zero-order valence-electron chi connectivity index (χ0n) is 31.4. The highest BCUT2D eigenvalue weighted by molar-refractivity contribution is 7.20. The van der Waals surface area contributed by atoms with Gasteiger partial charge >= 0.3 is 0 Å². The monoisotopic (exact) mass is 781 g/mol. The molecule has 3 aromatic carbocycles. The van der Waals surface area contributed by atoms with Gasteiger partial charge in [0.05, 0.1) is 30.3 Å². The average Bonchev–Trinajstić information content (AvgIpc) is 3.90. The number of likely N-dealkylation sites (N-methyl/N-ethyl adjacent to an activating group) is 1. The van der Waals surface area contributed by atoms with Crippen LogP contribution in [0, 0.1) is 0 Å². The molecule has 0 fully saturated rings. The van der Waals surface area contributed by atoms with Crippen LogP contribution in [0.5, 0.6) is 11.5 Å². The van der Waals surface area contributed by atoms with Crippen LogP contribution in [0.15, 0.2) is 71.9 Å². The van der Waals surface area contributed by atoms with Crippen molar-refractivity contribution in [2.24, 2.45) is 12.0 Å². The zero-order valence-corrected chi connectivity index (χ0v) is 32.2. The number of hydrogen-bond acceptors (Lipinski definition) is 12. The summed E-state index contributed by atoms with van der Waals surface area (Å²) in [6.45, 7) is 0.449. The maximum atomic E-state index is 13.1. The molecule has 16 heteroatoms. The third-order valence-electron chi connectivity index (χ3n) is 8.82. The number of aliphatic hydroxyl groups is 1. The summed E-state index contributed by atoms with van der Waals surface area (Å²) in [4.78, 5) is 72.3. The molecule has 56 heavy (non-hydrogen) atoms. The topological polar surface area (TPSA) is 194 Å². The Kier molecular flexibility index (Phi) is 14.0. The van der Waals surface area contributed by atoms with E-state index in [1.54, 1.807) is 43.6 Å². The number of thiophene rings is 1. The van der Waals surface area contributed by atoms with E-state index in [2.05, 4.69) is 43.0 Å². The Morgan fingerprint density at radius 3 is 2.57 bits per heavy atom. The van der Waals surface area contributed by atoms with Crippen LogP contribution in [0.25, 0.3) is 10.1 Å². The van der Waals surface area contributed by atoms with Gasteiger partial charge in [-0.25, -0.2) is 4.98 Å². The van der Waals surface area contributed by atoms with Gasteiger partial charge in [0, 0.05) is 80.7 Å². The highest BCUT2D eigenvalue weighted by Gasteiger charge is 2.25. The van der Waals surface area contributed by atoms with E-state index >= 15 is 0 Å². The summed E-state index contributed by atoms with van der Waals surface area (Å²) in [6.07, 6.45) is 6.38. The number of para-hydroxylation sites is 1. The highest BCUT2D eigenvalue weighted by Crippen LogP contribution is 2.36. The van der Waals surface area contributed by atoms with Gasteiger partial charge in [-0.05, 0) is 60.2 Å². The molecule has 0 saturated heterocycles. The summed E-state index contributed by atoms with van der Waals surface area (Å²) in [7, 11) is 6.15. The first-order chi connectivity index (χ1) is 27.2. The lowest BCUT2D eigenvalue weighted by atomic mass is 10.1. The minimum absolute atomic E-state index is 0.0377. The number of nitrogens with zero attached hydrogens (tertiary/aromatic N) is 4. The number of aldehydes is 2. The lowest BCUT2D eigenvalue weighted by Gasteiger charge is -2.19. The molecule has 3 heterocycles. The number of carbonyl (C=O) groups is 5. The molecule has 1 unspecified atom stereocenters. The van der Waals surface area contributed by atoms with Crippen LogP contribution in [0.4, 0.5) is 22.9 Å². The van der Waals surface area contributed by atoms with Crippen LogP contribution < -0.4 is 30.3 Å². The summed E-state index contributed by atoms with van der Waals surface area (Å²) < 4.78 is 13.8. The molecule has 0 aliphatic carbocycles. The molecular weight excluding hydrogens is 739 g/mol. The van der Waals surface area contributed by atoms with Crippen LogP contribution >= 0.6 is 11.3 Å². The Bertz CT molecular complexity index is 2250. The summed E-state index contributed by atoms with van der Waals surface area (Å²) >= 11 is 1.31. The Balaban J connectivity index is 0.00000295. The van der Waals surface area contributed by atoms with Gasteiger partial charge in [0.25, 0.3) is 11.8 Å². The number of carbonyl (C=O) groups excluding carboxylic acids is 5. The molecule has 292 valence electrons. The minimum Gasteiger partial charge on any atom is -0.493 e. The Hall–Kier alpha value is -6.39. The second-order valence-electron chi connectivity index (χ2n) is 12.6. The van der Waals surface area contributed by atoms with Crippen LogP contribution in [-0.2, 0) is 23.1 Å². The molecule has 0 bridgehead atoms. The highest BCUT2D eigenvalue weighted by atomic mass is 32.1. The van der Waals surface area contributed by atoms with E-state index in [0.29, 0.717) is 39.7 Å². The number of fused-ring (bicyclic) bond motifs is 2. The molecule has 15 nitrogen and oxygen atoms in total. The van der Waals surface area contributed by atoms with Crippen molar-refractivity contribution in [3.05, 3.63) is 88.7 Å². The van der Waals surface area contributed by atoms with Crippen LogP contribution in [0.1, 0.15) is 55.5 Å². The van der Waals surface area contributed by atoms with E-state index in [4.69, 9.17) is 14.6 Å². The first-order valence-corrected chi connectivity index (χ1v) is 18.5. The normalized spacial score (nSPS) is 13.1. The minimum atomic E-state index is -0.480. The number of methoxy groups -OCH3 is 1. The number of benzene rings is 3. The fraction of sp³-hybridized carbons (Fsp3) is 0.275. The van der Waals surface area contributed by atoms with Gasteiger partial charge in [-0.1, -0.05) is 18.2 Å². The van der Waals surface area contributed by atoms with E-state index in [1.807, 2.05) is 31.5 Å². The smallest absolute Gasteiger partial charge is 0.291 e. The Labute approximate surface area is 327 Å². The second-order valence-corrected chi connectivity index (χ2v) is 13.6. The van der Waals surface area contributed by atoms with E-state index < -0.39 is 5.91 Å². The Morgan fingerprint density at radius 2 is 1.82 bits per heavy atom. The standard InChI is InChI=1S/C39H39N7O7S.CH4O/c1-45-22-35(44-37(45)39(51)42-27-11-12-33-25(16-27)19-34(54-33)38(50)40-13-7-14-47)43-36(49)10-6-15-53-32-20-29(26(23-48)18-31(32)52-3)41-21-28-17-24-8-4-5-9-30(24)46(28)2;1-2/h4-5,8-9,11-12,14,16,18-23,28H,6-7,10,13,15,17H2,1-3H3,(H,40,50)(H,42,51)(H,43,49);2H,1H3. The molecule has 2 aromatic heterocycles. The summed E-state index contributed by atoms with van der Waals surface area (Å²) in [5.41, 5.74) is 3.71. The fourth-order valence-corrected chi connectivity index (χ4v) is 7.00. The Morgan fingerprint density at radius 1 is 1.02 bits per heavy atom. The zero-order chi connectivity index (χ0) is 40.2. The van der Waals surface area contributed by atoms with E-state index in [0.717, 1.165) is 41.9 Å². The number of aliphatic imine (C=N–C) groups is 1. The van der Waals surface area contributed by atoms with Crippen molar-refractivity contribution in [1.82, 2.24) is 14.9 Å². The van der Waals surface area contributed by atoms with Crippen molar-refractivity contribution in [3.8, 4) is 11.5 Å². The van der Waals surface area contributed by atoms with Gasteiger partial charge < -0.3 is 44.8 Å². The summed E-state index contributed by atoms with van der Waals surface area (Å²) in [6, 6.07) is 18.5. The van der Waals surface area contributed by atoms with E-state index in [9.17, 15) is 24.0 Å². The molecular formula is C40H43N7O8S. The molecule has 6 rings (SSSR count). The molecule has 0 radical (unpaired) electrons. The predicted molar refractivity (Wildman–Crippen MR) is 216 cm³/mol. The van der Waals surface area contributed by atoms with Crippen LogP contribution in [0.3, 0.4) is 0 Å². The number of ether oxygens (including phenoxy) is 2. The SMILES string of the molecule is CO.COc1cc(C=O)c(N=CC2Cc3ccccc3N2C)cc1OCCCC(=O)Nc1cn(C)c(C(=O)Nc2ccc3sc(C(=O)NCCC=O)cc3c2)n1. The molecule has 1 aliphatic rings. The number of aromatic nitrogens is 2. The van der Waals surface area contributed by atoms with Crippen molar-refractivity contribution in [2.75, 3.05) is 50.0 Å². The van der Waals surface area contributed by atoms with Crippen LogP contribution in [-0.4, -0.2) is 91.6 Å². The predicted octanol–water partition coefficient (Wildman–Crippen LogP) is 5.20. The largest absolute Gasteiger partial charge is 0.493 e. The molecule has 0 spiro atoms. The molecule has 5 aromatic rings. The number of rotatable bonds is 16. The van der Waals surface area contributed by atoms with Crippen molar-refractivity contribution in [2.45, 2.75) is 31.7 Å². The van der Waals surface area contributed by atoms with Crippen LogP contribution in [0.2, 0.25) is 0 Å². The molecule has 1 aliphatic heterocycles. The third kappa shape index (κ3) is 9.82. The lowest BCUT2D eigenvalue weighted by Crippen LogP contribution is -2.28. The average molecular weight is 782 g/mol. The fourth-order valence-electron chi connectivity index (χ4n) is 6.04. The van der Waals surface area contributed by atoms with Gasteiger partial charge in [-0.3, -0.25) is 24.2 Å². The quantitative estimate of drug-likeness (QED) is 0.0588. The summed E-state index contributed by atoms with van der Waals surface area (Å²) in [5.74, 6) is 0.0203. The maximum absolute atomic E-state index is 13.1. The number of imidazole rings is 1. The first kappa shape index (κ1) is 40.8. The van der Waals surface area contributed by atoms with Crippen molar-refractivity contribution in [3.63, 3.8) is 0 Å². The number of aryl methyl sites for hydroxylation is 1. The maximum Gasteiger partial charge on any atom is 0.291 e. The van der Waals surface area contributed by atoms with Gasteiger partial charge in [0.2, 0.25) is 11.7 Å². The number of amides is 3.